The Morgan fingerprint density at radius 2 is 2.38 bits per heavy atom. The summed E-state index contributed by atoms with van der Waals surface area (Å²) >= 11 is 1.70. The van der Waals surface area contributed by atoms with Crippen LogP contribution in [0.1, 0.15) is 18.0 Å². The first-order valence-electron chi connectivity index (χ1n) is 5.54. The van der Waals surface area contributed by atoms with E-state index in [4.69, 9.17) is 4.74 Å². The van der Waals surface area contributed by atoms with Gasteiger partial charge in [0.2, 0.25) is 0 Å². The third-order valence-electron chi connectivity index (χ3n) is 2.44. The highest BCUT2D eigenvalue weighted by atomic mass is 32.1. The summed E-state index contributed by atoms with van der Waals surface area (Å²) in [7, 11) is 3.84. The van der Waals surface area contributed by atoms with Gasteiger partial charge in [0.1, 0.15) is 5.01 Å². The molecule has 4 nitrogen and oxygen atoms in total. The predicted octanol–water partition coefficient (Wildman–Crippen LogP) is 1.37. The Labute approximate surface area is 102 Å². The van der Waals surface area contributed by atoms with E-state index < -0.39 is 0 Å². The number of thiazole rings is 1. The first kappa shape index (κ1) is 13.6. The molecule has 0 aliphatic rings. The van der Waals surface area contributed by atoms with Gasteiger partial charge < -0.3 is 15.0 Å². The molecule has 1 N–H and O–H groups in total. The maximum absolute atomic E-state index is 5.03. The standard InChI is InChI=1S/C11H21N3OS/c1-10(11-13-5-9-16-11)12-4-6-14(2)7-8-15-3/h5,9-10,12H,4,6-8H2,1-3H3. The lowest BCUT2D eigenvalue weighted by Gasteiger charge is -2.18. The molecule has 0 fully saturated rings. The van der Waals surface area contributed by atoms with Gasteiger partial charge in [0.15, 0.2) is 0 Å². The zero-order valence-electron chi connectivity index (χ0n) is 10.3. The van der Waals surface area contributed by atoms with E-state index in [0.717, 1.165) is 31.2 Å². The molecule has 0 spiro atoms. The number of hydrogen-bond donors (Lipinski definition) is 1. The van der Waals surface area contributed by atoms with Gasteiger partial charge in [-0.15, -0.1) is 11.3 Å². The minimum Gasteiger partial charge on any atom is -0.383 e. The van der Waals surface area contributed by atoms with Crippen molar-refractivity contribution in [2.75, 3.05) is 40.4 Å². The number of aromatic nitrogens is 1. The Morgan fingerprint density at radius 1 is 1.56 bits per heavy atom. The van der Waals surface area contributed by atoms with E-state index >= 15 is 0 Å². The van der Waals surface area contributed by atoms with Crippen LogP contribution < -0.4 is 5.32 Å². The minimum absolute atomic E-state index is 0.343. The maximum Gasteiger partial charge on any atom is 0.109 e. The smallest absolute Gasteiger partial charge is 0.109 e. The van der Waals surface area contributed by atoms with E-state index in [1.165, 1.54) is 0 Å². The summed E-state index contributed by atoms with van der Waals surface area (Å²) in [4.78, 5) is 6.54. The molecular weight excluding hydrogens is 222 g/mol. The third kappa shape index (κ3) is 5.03. The minimum atomic E-state index is 0.343. The molecule has 1 heterocycles. The fourth-order valence-corrected chi connectivity index (χ4v) is 2.04. The highest BCUT2D eigenvalue weighted by Gasteiger charge is 2.06. The van der Waals surface area contributed by atoms with Crippen molar-refractivity contribution in [2.45, 2.75) is 13.0 Å². The summed E-state index contributed by atoms with van der Waals surface area (Å²) in [5.41, 5.74) is 0. The van der Waals surface area contributed by atoms with E-state index in [1.54, 1.807) is 18.4 Å². The lowest BCUT2D eigenvalue weighted by atomic mass is 10.3. The predicted molar refractivity (Wildman–Crippen MR) is 67.9 cm³/mol. The van der Waals surface area contributed by atoms with Gasteiger partial charge in [-0.2, -0.15) is 0 Å². The monoisotopic (exact) mass is 243 g/mol. The van der Waals surface area contributed by atoms with Crippen LogP contribution in [0, 0.1) is 0 Å². The van der Waals surface area contributed by atoms with Crippen molar-refractivity contribution in [2.24, 2.45) is 0 Å². The molecule has 1 aromatic rings. The van der Waals surface area contributed by atoms with Crippen LogP contribution in [-0.4, -0.2) is 50.3 Å². The average molecular weight is 243 g/mol. The normalized spacial score (nSPS) is 13.2. The topological polar surface area (TPSA) is 37.4 Å². The Bertz CT molecular complexity index is 266. The molecule has 5 heteroatoms. The van der Waals surface area contributed by atoms with Gasteiger partial charge >= 0.3 is 0 Å². The molecule has 0 amide bonds. The Kier molecular flexibility index (Phi) is 6.56. The molecule has 16 heavy (non-hydrogen) atoms. The van der Waals surface area contributed by atoms with Gasteiger partial charge in [-0.1, -0.05) is 0 Å². The second-order valence-corrected chi connectivity index (χ2v) is 4.77. The molecule has 0 saturated heterocycles. The van der Waals surface area contributed by atoms with Crippen LogP contribution in [0.5, 0.6) is 0 Å². The number of rotatable bonds is 8. The van der Waals surface area contributed by atoms with Crippen molar-refractivity contribution in [3.8, 4) is 0 Å². The first-order chi connectivity index (χ1) is 7.74. The van der Waals surface area contributed by atoms with Gasteiger partial charge in [0.25, 0.3) is 0 Å². The molecule has 0 radical (unpaired) electrons. The molecule has 1 aromatic heterocycles. The van der Waals surface area contributed by atoms with Crippen LogP contribution in [0.25, 0.3) is 0 Å². The fraction of sp³-hybridized carbons (Fsp3) is 0.727. The fourth-order valence-electron chi connectivity index (χ4n) is 1.37. The van der Waals surface area contributed by atoms with Gasteiger partial charge in [-0.05, 0) is 14.0 Å². The van der Waals surface area contributed by atoms with Crippen LogP contribution in [0.15, 0.2) is 11.6 Å². The summed E-state index contributed by atoms with van der Waals surface area (Å²) in [6.45, 7) is 5.91. The van der Waals surface area contributed by atoms with Gasteiger partial charge in [-0.25, -0.2) is 4.98 Å². The molecular formula is C11H21N3OS. The van der Waals surface area contributed by atoms with Gasteiger partial charge in [0.05, 0.1) is 12.6 Å². The quantitative estimate of drug-likeness (QED) is 0.748. The Hall–Kier alpha value is -0.490. The third-order valence-corrected chi connectivity index (χ3v) is 3.40. The van der Waals surface area contributed by atoms with Crippen LogP contribution in [0.2, 0.25) is 0 Å². The van der Waals surface area contributed by atoms with E-state index in [9.17, 15) is 0 Å². The highest BCUT2D eigenvalue weighted by Crippen LogP contribution is 2.13. The zero-order chi connectivity index (χ0) is 11.8. The summed E-state index contributed by atoms with van der Waals surface area (Å²) < 4.78 is 5.03. The number of hydrogen-bond acceptors (Lipinski definition) is 5. The number of ether oxygens (including phenoxy) is 1. The van der Waals surface area contributed by atoms with Crippen LogP contribution in [0.3, 0.4) is 0 Å². The van der Waals surface area contributed by atoms with E-state index in [2.05, 4.69) is 29.2 Å². The molecule has 0 bridgehead atoms. The van der Waals surface area contributed by atoms with Crippen molar-refractivity contribution >= 4 is 11.3 Å². The van der Waals surface area contributed by atoms with Crippen molar-refractivity contribution in [3.63, 3.8) is 0 Å². The summed E-state index contributed by atoms with van der Waals surface area (Å²) in [6, 6.07) is 0.343. The van der Waals surface area contributed by atoms with Crippen molar-refractivity contribution in [1.82, 2.24) is 15.2 Å². The van der Waals surface area contributed by atoms with Crippen LogP contribution in [0.4, 0.5) is 0 Å². The molecule has 1 rings (SSSR count). The first-order valence-corrected chi connectivity index (χ1v) is 6.42. The molecule has 1 unspecified atom stereocenters. The Morgan fingerprint density at radius 3 is 3.00 bits per heavy atom. The summed E-state index contributed by atoms with van der Waals surface area (Å²) in [6.07, 6.45) is 1.85. The second-order valence-electron chi connectivity index (χ2n) is 3.84. The van der Waals surface area contributed by atoms with Crippen LogP contribution >= 0.6 is 11.3 Å². The van der Waals surface area contributed by atoms with Crippen molar-refractivity contribution < 1.29 is 4.74 Å². The molecule has 0 saturated carbocycles. The highest BCUT2D eigenvalue weighted by molar-refractivity contribution is 7.09. The summed E-state index contributed by atoms with van der Waals surface area (Å²) in [5, 5.41) is 6.62. The van der Waals surface area contributed by atoms with Crippen molar-refractivity contribution in [1.29, 1.82) is 0 Å². The SMILES string of the molecule is COCCN(C)CCNC(C)c1nccs1. The lowest BCUT2D eigenvalue weighted by Crippen LogP contribution is -2.32. The average Bonchev–Trinajstić information content (AvgIpc) is 2.79. The molecule has 0 aliphatic heterocycles. The van der Waals surface area contributed by atoms with E-state index in [0.29, 0.717) is 6.04 Å². The Balaban J connectivity index is 2.11. The largest absolute Gasteiger partial charge is 0.383 e. The number of nitrogens with one attached hydrogen (secondary N) is 1. The second kappa shape index (κ2) is 7.73. The van der Waals surface area contributed by atoms with E-state index in [-0.39, 0.29) is 0 Å². The van der Waals surface area contributed by atoms with Gasteiger partial charge in [-0.3, -0.25) is 0 Å². The number of likely N-dealkylation sites (N-methyl/N-ethyl adjacent to an activating group) is 1. The molecule has 92 valence electrons. The van der Waals surface area contributed by atoms with Gasteiger partial charge in [0, 0.05) is 38.3 Å². The molecule has 0 aromatic carbocycles. The summed E-state index contributed by atoms with van der Waals surface area (Å²) in [5.74, 6) is 0. The lowest BCUT2D eigenvalue weighted by molar-refractivity contribution is 0.161. The van der Waals surface area contributed by atoms with Crippen molar-refractivity contribution in [3.05, 3.63) is 16.6 Å². The van der Waals surface area contributed by atoms with Crippen LogP contribution in [-0.2, 0) is 4.74 Å². The number of methoxy groups -OCH3 is 1. The zero-order valence-corrected chi connectivity index (χ0v) is 11.1. The van der Waals surface area contributed by atoms with E-state index in [1.807, 2.05) is 11.6 Å². The maximum atomic E-state index is 5.03. The number of nitrogens with zero attached hydrogens (tertiary/aromatic N) is 2. The molecule has 1 atom stereocenters. The molecule has 0 aliphatic carbocycles.